The van der Waals surface area contributed by atoms with Crippen LogP contribution in [0.3, 0.4) is 0 Å². The van der Waals surface area contributed by atoms with Crippen molar-refractivity contribution in [3.8, 4) is 17.4 Å². The van der Waals surface area contributed by atoms with Crippen LogP contribution in [0, 0.1) is 6.92 Å². The molecule has 0 unspecified atom stereocenters. The Labute approximate surface area is 161 Å². The molecule has 1 aromatic heterocycles. The van der Waals surface area contributed by atoms with E-state index < -0.39 is 16.1 Å². The highest BCUT2D eigenvalue weighted by atomic mass is 32.2. The van der Waals surface area contributed by atoms with Crippen molar-refractivity contribution in [2.75, 3.05) is 6.61 Å². The number of carbonyl (C=O) groups excluding carboxylic acids is 1. The third-order valence-electron chi connectivity index (χ3n) is 3.55. The van der Waals surface area contributed by atoms with Crippen molar-refractivity contribution in [2.45, 2.75) is 18.7 Å². The van der Waals surface area contributed by atoms with Crippen LogP contribution in [0.4, 0.5) is 0 Å². The first-order chi connectivity index (χ1) is 13.4. The van der Waals surface area contributed by atoms with Gasteiger partial charge < -0.3 is 13.7 Å². The Kier molecular flexibility index (Phi) is 5.59. The Bertz CT molecular complexity index is 1060. The van der Waals surface area contributed by atoms with Crippen molar-refractivity contribution in [1.82, 2.24) is 15.4 Å². The van der Waals surface area contributed by atoms with E-state index in [2.05, 4.69) is 15.4 Å². The number of ether oxygens (including phenoxy) is 2. The zero-order chi connectivity index (χ0) is 20.1. The predicted octanol–water partition coefficient (Wildman–Crippen LogP) is 2.85. The largest absolute Gasteiger partial charge is 0.461 e. The Morgan fingerprint density at radius 1 is 1.04 bits per heavy atom. The molecule has 0 amide bonds. The molecule has 1 N–H and O–H groups in total. The summed E-state index contributed by atoms with van der Waals surface area (Å²) in [5.41, 5.74) is 0.916. The number of esters is 1. The molecule has 10 heteroatoms. The smallest absolute Gasteiger partial charge is 0.362 e. The molecule has 0 fully saturated rings. The maximum atomic E-state index is 12.3. The second-order valence-electron chi connectivity index (χ2n) is 5.64. The van der Waals surface area contributed by atoms with E-state index in [1.165, 1.54) is 36.4 Å². The van der Waals surface area contributed by atoms with Crippen LogP contribution in [-0.4, -0.2) is 36.4 Å². The van der Waals surface area contributed by atoms with E-state index in [4.69, 9.17) is 13.7 Å². The van der Waals surface area contributed by atoms with Crippen LogP contribution in [0.2, 0.25) is 0 Å². The van der Waals surface area contributed by atoms with Gasteiger partial charge in [-0.3, -0.25) is 0 Å². The lowest BCUT2D eigenvalue weighted by molar-refractivity contribution is 0.0516. The number of nitrogens with one attached hydrogen (secondary N) is 1. The molecule has 0 aliphatic carbocycles. The van der Waals surface area contributed by atoms with Crippen LogP contribution in [0.1, 0.15) is 23.0 Å². The molecule has 0 saturated heterocycles. The summed E-state index contributed by atoms with van der Waals surface area (Å²) >= 11 is 0. The van der Waals surface area contributed by atoms with E-state index in [0.29, 0.717) is 5.75 Å². The van der Waals surface area contributed by atoms with Crippen molar-refractivity contribution in [2.24, 2.45) is 0 Å². The number of rotatable bonds is 7. The Hall–Kier alpha value is -3.40. The van der Waals surface area contributed by atoms with Gasteiger partial charge in [0.2, 0.25) is 5.69 Å². The molecule has 9 nitrogen and oxygen atoms in total. The molecule has 146 valence electrons. The van der Waals surface area contributed by atoms with Crippen LogP contribution < -0.4 is 8.92 Å². The molecule has 0 spiro atoms. The van der Waals surface area contributed by atoms with Gasteiger partial charge in [0.25, 0.3) is 5.88 Å². The number of H-pyrrole nitrogens is 1. The fourth-order valence-corrected chi connectivity index (χ4v) is 3.11. The number of nitrogens with zero attached hydrogens (tertiary/aromatic N) is 2. The standard InChI is InChI=1S/C18H17N3O6S/c1-3-25-18(22)16-17(20-21-19-16)26-13-6-8-14(9-7-13)27-28(23,24)15-10-4-12(2)5-11-15/h4-11H,3H2,1-2H3,(H,19,20,21). The lowest BCUT2D eigenvalue weighted by atomic mass is 10.2. The summed E-state index contributed by atoms with van der Waals surface area (Å²) in [7, 11) is -3.95. The van der Waals surface area contributed by atoms with E-state index in [1.54, 1.807) is 19.1 Å². The summed E-state index contributed by atoms with van der Waals surface area (Å²) in [6.07, 6.45) is 0. The Morgan fingerprint density at radius 2 is 1.68 bits per heavy atom. The molecular weight excluding hydrogens is 386 g/mol. The van der Waals surface area contributed by atoms with Crippen molar-refractivity contribution in [3.05, 3.63) is 59.8 Å². The van der Waals surface area contributed by atoms with Crippen LogP contribution >= 0.6 is 0 Å². The lowest BCUT2D eigenvalue weighted by Gasteiger charge is -2.08. The molecule has 2 aromatic carbocycles. The SMILES string of the molecule is CCOC(=O)c1[nH]nnc1Oc1ccc(OS(=O)(=O)c2ccc(C)cc2)cc1. The minimum atomic E-state index is -3.95. The molecule has 3 aromatic rings. The predicted molar refractivity (Wildman–Crippen MR) is 97.8 cm³/mol. The molecule has 0 radical (unpaired) electrons. The second-order valence-corrected chi connectivity index (χ2v) is 7.18. The van der Waals surface area contributed by atoms with Gasteiger partial charge in [-0.2, -0.15) is 8.42 Å². The summed E-state index contributed by atoms with van der Waals surface area (Å²) < 4.78 is 40.1. The van der Waals surface area contributed by atoms with E-state index in [9.17, 15) is 13.2 Å². The lowest BCUT2D eigenvalue weighted by Crippen LogP contribution is -2.09. The highest BCUT2D eigenvalue weighted by molar-refractivity contribution is 7.87. The number of carbonyl (C=O) groups is 1. The van der Waals surface area contributed by atoms with Crippen molar-refractivity contribution < 1.29 is 26.9 Å². The molecule has 0 aliphatic rings. The molecule has 28 heavy (non-hydrogen) atoms. The van der Waals surface area contributed by atoms with Gasteiger partial charge >= 0.3 is 16.1 Å². The summed E-state index contributed by atoms with van der Waals surface area (Å²) in [6.45, 7) is 3.72. The van der Waals surface area contributed by atoms with Gasteiger partial charge in [0.1, 0.15) is 16.4 Å². The topological polar surface area (TPSA) is 120 Å². The fraction of sp³-hybridized carbons (Fsp3) is 0.167. The maximum absolute atomic E-state index is 12.3. The van der Waals surface area contributed by atoms with Crippen molar-refractivity contribution >= 4 is 16.1 Å². The molecule has 0 saturated carbocycles. The number of benzene rings is 2. The normalized spacial score (nSPS) is 11.1. The summed E-state index contributed by atoms with van der Waals surface area (Å²) in [5.74, 6) is -0.288. The van der Waals surface area contributed by atoms with Crippen molar-refractivity contribution in [1.29, 1.82) is 0 Å². The van der Waals surface area contributed by atoms with Crippen LogP contribution in [0.5, 0.6) is 17.4 Å². The number of aromatic amines is 1. The van der Waals surface area contributed by atoms with E-state index in [0.717, 1.165) is 5.56 Å². The molecule has 0 atom stereocenters. The fourth-order valence-electron chi connectivity index (χ4n) is 2.18. The van der Waals surface area contributed by atoms with Gasteiger partial charge in [-0.1, -0.05) is 28.0 Å². The highest BCUT2D eigenvalue weighted by Gasteiger charge is 2.19. The van der Waals surface area contributed by atoms with Gasteiger partial charge in [0.15, 0.2) is 0 Å². The summed E-state index contributed by atoms with van der Waals surface area (Å²) in [5, 5.41) is 9.62. The van der Waals surface area contributed by atoms with E-state index >= 15 is 0 Å². The average molecular weight is 403 g/mol. The van der Waals surface area contributed by atoms with Gasteiger partial charge in [0.05, 0.1) is 6.61 Å². The molecule has 1 heterocycles. The Balaban J connectivity index is 1.71. The van der Waals surface area contributed by atoms with Gasteiger partial charge in [-0.25, -0.2) is 9.89 Å². The average Bonchev–Trinajstić information content (AvgIpc) is 3.12. The molecular formula is C18H17N3O6S. The van der Waals surface area contributed by atoms with Crippen LogP contribution in [-0.2, 0) is 14.9 Å². The Morgan fingerprint density at radius 3 is 2.32 bits per heavy atom. The number of aryl methyl sites for hydroxylation is 1. The van der Waals surface area contributed by atoms with Crippen LogP contribution in [0.25, 0.3) is 0 Å². The quantitative estimate of drug-likeness (QED) is 0.472. The first kappa shape index (κ1) is 19.4. The summed E-state index contributed by atoms with van der Waals surface area (Å²) in [6, 6.07) is 12.1. The maximum Gasteiger partial charge on any atom is 0.362 e. The zero-order valence-electron chi connectivity index (χ0n) is 15.1. The number of hydrogen-bond donors (Lipinski definition) is 1. The summed E-state index contributed by atoms with van der Waals surface area (Å²) in [4.78, 5) is 11.8. The van der Waals surface area contributed by atoms with Gasteiger partial charge in [-0.15, -0.1) is 0 Å². The third kappa shape index (κ3) is 4.46. The second kappa shape index (κ2) is 8.09. The van der Waals surface area contributed by atoms with Gasteiger partial charge in [0, 0.05) is 0 Å². The molecule has 3 rings (SSSR count). The van der Waals surface area contributed by atoms with Gasteiger partial charge in [-0.05, 0) is 50.2 Å². The number of aromatic nitrogens is 3. The van der Waals surface area contributed by atoms with Crippen LogP contribution in [0.15, 0.2) is 53.4 Å². The monoisotopic (exact) mass is 403 g/mol. The first-order valence-corrected chi connectivity index (χ1v) is 9.67. The third-order valence-corrected chi connectivity index (χ3v) is 4.81. The van der Waals surface area contributed by atoms with E-state index in [1.807, 2.05) is 6.92 Å². The molecule has 0 bridgehead atoms. The number of hydrogen-bond acceptors (Lipinski definition) is 8. The first-order valence-electron chi connectivity index (χ1n) is 8.26. The zero-order valence-corrected chi connectivity index (χ0v) is 15.9. The van der Waals surface area contributed by atoms with Crippen molar-refractivity contribution in [3.63, 3.8) is 0 Å². The minimum Gasteiger partial charge on any atom is -0.461 e. The minimum absolute atomic E-state index is 0.0240. The van der Waals surface area contributed by atoms with E-state index in [-0.39, 0.29) is 28.8 Å². The highest BCUT2D eigenvalue weighted by Crippen LogP contribution is 2.26. The molecule has 0 aliphatic heterocycles.